The second kappa shape index (κ2) is 7.59. The summed E-state index contributed by atoms with van der Waals surface area (Å²) in [5, 5.41) is 8.71. The molecule has 0 radical (unpaired) electrons. The number of nitrogens with zero attached hydrogens (tertiary/aromatic N) is 1. The lowest BCUT2D eigenvalue weighted by atomic mass is 10.1. The first-order chi connectivity index (χ1) is 7.08. The third-order valence-corrected chi connectivity index (χ3v) is 2.61. The van der Waals surface area contributed by atoms with Crippen molar-refractivity contribution in [2.75, 3.05) is 19.7 Å². The molecule has 15 heavy (non-hydrogen) atoms. The number of amides is 1. The molecule has 0 heterocycles. The van der Waals surface area contributed by atoms with Gasteiger partial charge in [-0.25, -0.2) is 0 Å². The van der Waals surface area contributed by atoms with E-state index in [1.165, 1.54) is 0 Å². The Morgan fingerprint density at radius 3 is 2.47 bits per heavy atom. The first-order valence-corrected chi connectivity index (χ1v) is 5.68. The molecule has 3 N–H and O–H groups in total. The van der Waals surface area contributed by atoms with E-state index >= 15 is 0 Å². The van der Waals surface area contributed by atoms with Crippen molar-refractivity contribution in [3.63, 3.8) is 0 Å². The molecule has 1 amide bonds. The maximum atomic E-state index is 11.9. The summed E-state index contributed by atoms with van der Waals surface area (Å²) in [6.07, 6.45) is 1.22. The predicted molar refractivity (Wildman–Crippen MR) is 64.5 cm³/mol. The van der Waals surface area contributed by atoms with Crippen LogP contribution < -0.4 is 5.73 Å². The molecular formula is C10H20N2O2S. The van der Waals surface area contributed by atoms with Gasteiger partial charge in [0.05, 0.1) is 10.9 Å². The lowest BCUT2D eigenvalue weighted by Gasteiger charge is -2.24. The molecule has 0 rings (SSSR count). The van der Waals surface area contributed by atoms with Crippen molar-refractivity contribution in [2.24, 2.45) is 11.7 Å². The number of carbonyl (C=O) groups excluding carboxylic acids is 1. The summed E-state index contributed by atoms with van der Waals surface area (Å²) in [6, 6.07) is 0. The Hall–Kier alpha value is -0.680. The van der Waals surface area contributed by atoms with Crippen LogP contribution in [0.2, 0.25) is 0 Å². The molecular weight excluding hydrogens is 212 g/mol. The smallest absolute Gasteiger partial charge is 0.232 e. The van der Waals surface area contributed by atoms with Crippen LogP contribution in [0.4, 0.5) is 0 Å². The summed E-state index contributed by atoms with van der Waals surface area (Å²) in [5.41, 5.74) is 5.50. The molecule has 0 aromatic rings. The number of aliphatic hydroxyl groups excluding tert-OH is 1. The number of aliphatic hydroxyl groups is 1. The number of rotatable bonds is 7. The van der Waals surface area contributed by atoms with Gasteiger partial charge in [0.1, 0.15) is 0 Å². The van der Waals surface area contributed by atoms with Gasteiger partial charge in [-0.05, 0) is 19.8 Å². The van der Waals surface area contributed by atoms with Crippen molar-refractivity contribution < 1.29 is 9.90 Å². The van der Waals surface area contributed by atoms with E-state index in [4.69, 9.17) is 23.1 Å². The summed E-state index contributed by atoms with van der Waals surface area (Å²) >= 11 is 4.85. The fraction of sp³-hybridized carbons (Fsp3) is 0.800. The fourth-order valence-corrected chi connectivity index (χ4v) is 1.67. The van der Waals surface area contributed by atoms with E-state index in [0.29, 0.717) is 25.9 Å². The number of hydrogen-bond donors (Lipinski definition) is 2. The SMILES string of the molecule is CCC(C(=O)N(CC)CCCO)C(N)=S. The first kappa shape index (κ1) is 14.3. The van der Waals surface area contributed by atoms with Crippen LogP contribution in [0.5, 0.6) is 0 Å². The Labute approximate surface area is 96.4 Å². The number of hydrogen-bond acceptors (Lipinski definition) is 3. The lowest BCUT2D eigenvalue weighted by molar-refractivity contribution is -0.133. The highest BCUT2D eigenvalue weighted by Crippen LogP contribution is 2.08. The standard InChI is InChI=1S/C10H20N2O2S/c1-3-8(9(11)15)10(14)12(4-2)6-5-7-13/h8,13H,3-7H2,1-2H3,(H2,11,15). The second-order valence-electron chi connectivity index (χ2n) is 3.36. The second-order valence-corrected chi connectivity index (χ2v) is 3.83. The van der Waals surface area contributed by atoms with E-state index in [1.54, 1.807) is 4.90 Å². The maximum Gasteiger partial charge on any atom is 0.232 e. The van der Waals surface area contributed by atoms with Crippen molar-refractivity contribution in [3.8, 4) is 0 Å². The van der Waals surface area contributed by atoms with E-state index < -0.39 is 0 Å². The molecule has 0 aliphatic rings. The van der Waals surface area contributed by atoms with Gasteiger partial charge in [-0.3, -0.25) is 4.79 Å². The zero-order valence-corrected chi connectivity index (χ0v) is 10.2. The van der Waals surface area contributed by atoms with Crippen LogP contribution >= 0.6 is 12.2 Å². The highest BCUT2D eigenvalue weighted by atomic mass is 32.1. The number of thiocarbonyl (C=S) groups is 1. The Morgan fingerprint density at radius 2 is 2.13 bits per heavy atom. The largest absolute Gasteiger partial charge is 0.396 e. The minimum atomic E-state index is -0.362. The van der Waals surface area contributed by atoms with E-state index in [9.17, 15) is 4.79 Å². The molecule has 88 valence electrons. The normalized spacial score (nSPS) is 12.2. The summed E-state index contributed by atoms with van der Waals surface area (Å²) in [6.45, 7) is 5.07. The molecule has 0 aliphatic heterocycles. The molecule has 0 saturated heterocycles. The minimum Gasteiger partial charge on any atom is -0.396 e. The molecule has 1 atom stereocenters. The molecule has 0 aliphatic carbocycles. The lowest BCUT2D eigenvalue weighted by Crippen LogP contribution is -2.41. The van der Waals surface area contributed by atoms with Crippen molar-refractivity contribution in [1.29, 1.82) is 0 Å². The van der Waals surface area contributed by atoms with Crippen molar-refractivity contribution in [2.45, 2.75) is 26.7 Å². The molecule has 0 fully saturated rings. The predicted octanol–water partition coefficient (Wildman–Crippen LogP) is 0.530. The molecule has 0 aromatic heterocycles. The van der Waals surface area contributed by atoms with Crippen molar-refractivity contribution in [3.05, 3.63) is 0 Å². The van der Waals surface area contributed by atoms with Crippen LogP contribution in [0.1, 0.15) is 26.7 Å². The van der Waals surface area contributed by atoms with E-state index in [1.807, 2.05) is 13.8 Å². The Morgan fingerprint density at radius 1 is 1.53 bits per heavy atom. The van der Waals surface area contributed by atoms with E-state index in [2.05, 4.69) is 0 Å². The Kier molecular flexibility index (Phi) is 7.25. The van der Waals surface area contributed by atoms with Gasteiger partial charge < -0.3 is 15.7 Å². The topological polar surface area (TPSA) is 66.6 Å². The van der Waals surface area contributed by atoms with Crippen LogP contribution in [-0.2, 0) is 4.79 Å². The van der Waals surface area contributed by atoms with Crippen LogP contribution in [0, 0.1) is 5.92 Å². The molecule has 1 unspecified atom stereocenters. The van der Waals surface area contributed by atoms with Crippen molar-refractivity contribution in [1.82, 2.24) is 4.90 Å². The van der Waals surface area contributed by atoms with Gasteiger partial charge in [-0.2, -0.15) is 0 Å². The quantitative estimate of drug-likeness (QED) is 0.628. The Bertz CT molecular complexity index is 221. The van der Waals surface area contributed by atoms with Crippen LogP contribution in [-0.4, -0.2) is 40.6 Å². The summed E-state index contributed by atoms with van der Waals surface area (Å²) in [7, 11) is 0. The summed E-state index contributed by atoms with van der Waals surface area (Å²) < 4.78 is 0. The third-order valence-electron chi connectivity index (χ3n) is 2.33. The molecule has 5 heteroatoms. The van der Waals surface area contributed by atoms with Gasteiger partial charge in [0, 0.05) is 19.7 Å². The van der Waals surface area contributed by atoms with Crippen LogP contribution in [0.3, 0.4) is 0 Å². The Balaban J connectivity index is 4.40. The monoisotopic (exact) mass is 232 g/mol. The molecule has 4 nitrogen and oxygen atoms in total. The summed E-state index contributed by atoms with van der Waals surface area (Å²) in [4.78, 5) is 13.9. The number of carbonyl (C=O) groups is 1. The van der Waals surface area contributed by atoms with Gasteiger partial charge in [-0.15, -0.1) is 0 Å². The fourth-order valence-electron chi connectivity index (χ4n) is 1.40. The number of nitrogens with two attached hydrogens (primary N) is 1. The van der Waals surface area contributed by atoms with Crippen LogP contribution in [0.15, 0.2) is 0 Å². The highest BCUT2D eigenvalue weighted by Gasteiger charge is 2.23. The highest BCUT2D eigenvalue weighted by molar-refractivity contribution is 7.80. The van der Waals surface area contributed by atoms with E-state index in [0.717, 1.165) is 0 Å². The third kappa shape index (κ3) is 4.57. The van der Waals surface area contributed by atoms with Crippen LogP contribution in [0.25, 0.3) is 0 Å². The van der Waals surface area contributed by atoms with E-state index in [-0.39, 0.29) is 23.4 Å². The van der Waals surface area contributed by atoms with Gasteiger partial charge in [0.2, 0.25) is 5.91 Å². The van der Waals surface area contributed by atoms with Gasteiger partial charge >= 0.3 is 0 Å². The average molecular weight is 232 g/mol. The molecule has 0 bridgehead atoms. The molecule has 0 aromatic carbocycles. The zero-order chi connectivity index (χ0) is 11.8. The van der Waals surface area contributed by atoms with Gasteiger partial charge in [0.15, 0.2) is 0 Å². The van der Waals surface area contributed by atoms with Gasteiger partial charge in [-0.1, -0.05) is 19.1 Å². The first-order valence-electron chi connectivity index (χ1n) is 5.27. The summed E-state index contributed by atoms with van der Waals surface area (Å²) in [5.74, 6) is -0.389. The molecule has 0 spiro atoms. The van der Waals surface area contributed by atoms with Crippen molar-refractivity contribution >= 4 is 23.1 Å². The maximum absolute atomic E-state index is 11.9. The molecule has 0 saturated carbocycles. The minimum absolute atomic E-state index is 0.0269. The van der Waals surface area contributed by atoms with Gasteiger partial charge in [0.25, 0.3) is 0 Å². The zero-order valence-electron chi connectivity index (χ0n) is 9.40. The average Bonchev–Trinajstić information content (AvgIpc) is 2.19.